The SMILES string of the molecule is CC/C=C\C/C=C\C/C=C\CCCCCCCC(=O)OC[C@H]1OC(OCC)[C@H](O)[C@@H](O)[C@@H]1O. The molecule has 7 heteroatoms. The maximum Gasteiger partial charge on any atom is 0.305 e. The first kappa shape index (κ1) is 29.5. The highest BCUT2D eigenvalue weighted by Crippen LogP contribution is 2.22. The first-order valence-electron chi connectivity index (χ1n) is 12.4. The number of aliphatic hydroxyl groups is 3. The molecule has 1 unspecified atom stereocenters. The quantitative estimate of drug-likeness (QED) is 0.169. The van der Waals surface area contributed by atoms with Crippen molar-refractivity contribution in [2.75, 3.05) is 13.2 Å². The fourth-order valence-corrected chi connectivity index (χ4v) is 3.49. The van der Waals surface area contributed by atoms with Crippen molar-refractivity contribution in [1.82, 2.24) is 0 Å². The van der Waals surface area contributed by atoms with Gasteiger partial charge in [-0.1, -0.05) is 62.6 Å². The number of hydrogen-bond donors (Lipinski definition) is 3. The van der Waals surface area contributed by atoms with Crippen molar-refractivity contribution < 1.29 is 34.3 Å². The van der Waals surface area contributed by atoms with Gasteiger partial charge in [-0.25, -0.2) is 0 Å². The van der Waals surface area contributed by atoms with Gasteiger partial charge in [0.05, 0.1) is 0 Å². The van der Waals surface area contributed by atoms with Crippen LogP contribution in [0.3, 0.4) is 0 Å². The van der Waals surface area contributed by atoms with E-state index in [9.17, 15) is 20.1 Å². The van der Waals surface area contributed by atoms with E-state index in [4.69, 9.17) is 14.2 Å². The van der Waals surface area contributed by atoms with Gasteiger partial charge in [0.1, 0.15) is 31.0 Å². The molecular weight excluding hydrogens is 424 g/mol. The van der Waals surface area contributed by atoms with E-state index >= 15 is 0 Å². The van der Waals surface area contributed by atoms with Crippen LogP contribution < -0.4 is 0 Å². The normalized spacial score (nSPS) is 26.0. The Morgan fingerprint density at radius 2 is 1.45 bits per heavy atom. The Kier molecular flexibility index (Phi) is 16.9. The number of esters is 1. The van der Waals surface area contributed by atoms with E-state index in [1.165, 1.54) is 0 Å². The van der Waals surface area contributed by atoms with Gasteiger partial charge >= 0.3 is 5.97 Å². The summed E-state index contributed by atoms with van der Waals surface area (Å²) in [5.41, 5.74) is 0. The van der Waals surface area contributed by atoms with Crippen LogP contribution in [-0.4, -0.2) is 65.2 Å². The molecule has 0 spiro atoms. The molecule has 0 bridgehead atoms. The van der Waals surface area contributed by atoms with Gasteiger partial charge in [0.25, 0.3) is 0 Å². The first-order chi connectivity index (χ1) is 16.0. The lowest BCUT2D eigenvalue weighted by Gasteiger charge is -2.39. The maximum absolute atomic E-state index is 12.0. The number of ether oxygens (including phenoxy) is 3. The molecule has 1 heterocycles. The summed E-state index contributed by atoms with van der Waals surface area (Å²) in [7, 11) is 0. The number of unbranched alkanes of at least 4 members (excludes halogenated alkanes) is 5. The van der Waals surface area contributed by atoms with Crippen molar-refractivity contribution in [2.45, 2.75) is 109 Å². The van der Waals surface area contributed by atoms with Crippen LogP contribution >= 0.6 is 0 Å². The fourth-order valence-electron chi connectivity index (χ4n) is 3.49. The van der Waals surface area contributed by atoms with Gasteiger partial charge in [-0.2, -0.15) is 0 Å². The lowest BCUT2D eigenvalue weighted by atomic mass is 9.99. The summed E-state index contributed by atoms with van der Waals surface area (Å²) in [6.45, 7) is 3.95. The van der Waals surface area contributed by atoms with Gasteiger partial charge in [-0.3, -0.25) is 4.79 Å². The zero-order valence-corrected chi connectivity index (χ0v) is 20.3. The second-order valence-corrected chi connectivity index (χ2v) is 8.25. The second kappa shape index (κ2) is 18.9. The molecule has 0 aliphatic carbocycles. The number of aliphatic hydroxyl groups excluding tert-OH is 3. The molecule has 33 heavy (non-hydrogen) atoms. The summed E-state index contributed by atoms with van der Waals surface area (Å²) in [6.07, 6.45) is 16.6. The van der Waals surface area contributed by atoms with Gasteiger partial charge in [-0.15, -0.1) is 0 Å². The smallest absolute Gasteiger partial charge is 0.305 e. The van der Waals surface area contributed by atoms with Crippen LogP contribution in [0.4, 0.5) is 0 Å². The Balaban J connectivity index is 2.04. The lowest BCUT2D eigenvalue weighted by molar-refractivity contribution is -0.300. The highest BCUT2D eigenvalue weighted by atomic mass is 16.7. The number of hydrogen-bond acceptors (Lipinski definition) is 7. The molecule has 7 nitrogen and oxygen atoms in total. The van der Waals surface area contributed by atoms with Crippen molar-refractivity contribution in [3.63, 3.8) is 0 Å². The average Bonchev–Trinajstić information content (AvgIpc) is 2.81. The largest absolute Gasteiger partial charge is 0.463 e. The molecule has 1 aliphatic rings. The van der Waals surface area contributed by atoms with E-state index in [-0.39, 0.29) is 19.2 Å². The molecular formula is C26H44O7. The highest BCUT2D eigenvalue weighted by molar-refractivity contribution is 5.69. The fraction of sp³-hybridized carbons (Fsp3) is 0.731. The zero-order valence-electron chi connectivity index (χ0n) is 20.3. The van der Waals surface area contributed by atoms with E-state index in [1.54, 1.807) is 6.92 Å². The van der Waals surface area contributed by atoms with Gasteiger partial charge in [0.15, 0.2) is 6.29 Å². The predicted molar refractivity (Wildman–Crippen MR) is 129 cm³/mol. The summed E-state index contributed by atoms with van der Waals surface area (Å²) in [5, 5.41) is 29.8. The van der Waals surface area contributed by atoms with Crippen LogP contribution in [0.2, 0.25) is 0 Å². The Labute approximate surface area is 199 Å². The molecule has 0 amide bonds. The van der Waals surface area contributed by atoms with Gasteiger partial charge < -0.3 is 29.5 Å². The van der Waals surface area contributed by atoms with Crippen molar-refractivity contribution in [1.29, 1.82) is 0 Å². The Bertz CT molecular complexity index is 587. The summed E-state index contributed by atoms with van der Waals surface area (Å²) in [6, 6.07) is 0. The minimum atomic E-state index is -1.42. The minimum Gasteiger partial charge on any atom is -0.463 e. The van der Waals surface area contributed by atoms with Crippen molar-refractivity contribution in [3.05, 3.63) is 36.5 Å². The first-order valence-corrected chi connectivity index (χ1v) is 12.4. The van der Waals surface area contributed by atoms with Gasteiger partial charge in [0, 0.05) is 13.0 Å². The van der Waals surface area contributed by atoms with Crippen LogP contribution in [0.25, 0.3) is 0 Å². The number of allylic oxidation sites excluding steroid dienone is 6. The Hall–Kier alpha value is -1.51. The third kappa shape index (κ3) is 13.1. The molecule has 1 saturated heterocycles. The monoisotopic (exact) mass is 468 g/mol. The molecule has 1 fully saturated rings. The predicted octanol–water partition coefficient (Wildman–Crippen LogP) is 3.96. The second-order valence-electron chi connectivity index (χ2n) is 8.25. The molecule has 5 atom stereocenters. The summed E-state index contributed by atoms with van der Waals surface area (Å²) >= 11 is 0. The molecule has 1 aliphatic heterocycles. The summed E-state index contributed by atoms with van der Waals surface area (Å²) in [4.78, 5) is 12.0. The van der Waals surface area contributed by atoms with Crippen LogP contribution in [0.1, 0.15) is 78.1 Å². The van der Waals surface area contributed by atoms with E-state index in [0.29, 0.717) is 6.42 Å². The standard InChI is InChI=1S/C26H44O7/c1-3-5-6-7-8-9-10-11-12-13-14-15-16-17-18-19-22(27)32-20-21-23(28)24(29)25(30)26(33-21)31-4-2/h5-6,8-9,11-12,21,23-26,28-30H,3-4,7,10,13-20H2,1-2H3/b6-5-,9-8-,12-11-/t21-,23-,24+,25-,26?/m1/s1. The molecule has 0 aromatic carbocycles. The van der Waals surface area contributed by atoms with Crippen molar-refractivity contribution in [2.24, 2.45) is 0 Å². The molecule has 0 aromatic heterocycles. The Morgan fingerprint density at radius 3 is 2.15 bits per heavy atom. The van der Waals surface area contributed by atoms with Crippen LogP contribution in [0.5, 0.6) is 0 Å². The van der Waals surface area contributed by atoms with Crippen molar-refractivity contribution >= 4 is 5.97 Å². The summed E-state index contributed by atoms with van der Waals surface area (Å²) in [5.74, 6) is -0.361. The number of rotatable bonds is 17. The maximum atomic E-state index is 12.0. The van der Waals surface area contributed by atoms with Gasteiger partial charge in [-0.05, 0) is 45.4 Å². The molecule has 0 aromatic rings. The van der Waals surface area contributed by atoms with Gasteiger partial charge in [0.2, 0.25) is 0 Å². The topological polar surface area (TPSA) is 105 Å². The highest BCUT2D eigenvalue weighted by Gasteiger charge is 2.44. The molecule has 0 saturated carbocycles. The van der Waals surface area contributed by atoms with E-state index in [2.05, 4.69) is 43.4 Å². The van der Waals surface area contributed by atoms with E-state index in [0.717, 1.165) is 57.8 Å². The van der Waals surface area contributed by atoms with Crippen LogP contribution in [-0.2, 0) is 19.0 Å². The lowest BCUT2D eigenvalue weighted by Crippen LogP contribution is -2.59. The van der Waals surface area contributed by atoms with E-state index < -0.39 is 30.7 Å². The Morgan fingerprint density at radius 1 is 0.818 bits per heavy atom. The zero-order chi connectivity index (χ0) is 24.3. The average molecular weight is 469 g/mol. The van der Waals surface area contributed by atoms with E-state index in [1.807, 2.05) is 0 Å². The molecule has 1 rings (SSSR count). The molecule has 190 valence electrons. The van der Waals surface area contributed by atoms with Crippen molar-refractivity contribution in [3.8, 4) is 0 Å². The number of carbonyl (C=O) groups is 1. The third-order valence-electron chi connectivity index (χ3n) is 5.44. The van der Waals surface area contributed by atoms with Crippen LogP contribution in [0.15, 0.2) is 36.5 Å². The summed E-state index contributed by atoms with van der Waals surface area (Å²) < 4.78 is 15.8. The third-order valence-corrected chi connectivity index (χ3v) is 5.44. The number of carbonyl (C=O) groups excluding carboxylic acids is 1. The minimum absolute atomic E-state index is 0.190. The van der Waals surface area contributed by atoms with Crippen LogP contribution in [0, 0.1) is 0 Å². The molecule has 3 N–H and O–H groups in total. The molecule has 0 radical (unpaired) electrons.